The number of anilines is 1. The third-order valence-electron chi connectivity index (χ3n) is 6.40. The number of hydrogen-bond donors (Lipinski definition) is 1. The first-order valence-corrected chi connectivity index (χ1v) is 12.0. The van der Waals surface area contributed by atoms with Crippen LogP contribution in [-0.2, 0) is 25.0 Å². The number of para-hydroxylation sites is 1. The van der Waals surface area contributed by atoms with Gasteiger partial charge in [-0.2, -0.15) is 0 Å². The predicted molar refractivity (Wildman–Crippen MR) is 122 cm³/mol. The molecular weight excluding hydrogens is 444 g/mol. The number of methoxy groups -OCH3 is 1. The lowest BCUT2D eigenvalue weighted by atomic mass is 9.75. The number of carbonyl (C=O) groups is 2. The SMILES string of the molecule is COC(=O)N1[C@H](C(=O)O)C[C@]2(CC=C(C)C)c3ccccc3N(S(=O)(=O)c3ccccc3)[C@H]12. The number of nitrogens with zero attached hydrogens (tertiary/aromatic N) is 2. The maximum absolute atomic E-state index is 13.9. The Morgan fingerprint density at radius 1 is 1.12 bits per heavy atom. The van der Waals surface area contributed by atoms with Gasteiger partial charge in [-0.3, -0.25) is 4.90 Å². The van der Waals surface area contributed by atoms with E-state index in [9.17, 15) is 23.1 Å². The summed E-state index contributed by atoms with van der Waals surface area (Å²) in [6.07, 6.45) is 0.415. The molecule has 2 aliphatic rings. The molecule has 0 unspecified atom stereocenters. The summed E-state index contributed by atoms with van der Waals surface area (Å²) in [6.45, 7) is 3.85. The highest BCUT2D eigenvalue weighted by molar-refractivity contribution is 7.92. The van der Waals surface area contributed by atoms with Gasteiger partial charge < -0.3 is 9.84 Å². The van der Waals surface area contributed by atoms with Gasteiger partial charge in [0.1, 0.15) is 12.2 Å². The molecular formula is C24H26N2O6S. The zero-order valence-electron chi connectivity index (χ0n) is 18.6. The average Bonchev–Trinajstić information content (AvgIpc) is 3.28. The fraction of sp³-hybridized carbons (Fsp3) is 0.333. The Bertz CT molecular complexity index is 1220. The highest BCUT2D eigenvalue weighted by atomic mass is 32.2. The van der Waals surface area contributed by atoms with Gasteiger partial charge in [0.2, 0.25) is 0 Å². The van der Waals surface area contributed by atoms with E-state index in [4.69, 9.17) is 4.74 Å². The van der Waals surface area contributed by atoms with Gasteiger partial charge in [-0.25, -0.2) is 22.3 Å². The number of fused-ring (bicyclic) bond motifs is 3. The van der Waals surface area contributed by atoms with Crippen LogP contribution in [0.25, 0.3) is 0 Å². The van der Waals surface area contributed by atoms with Crippen LogP contribution < -0.4 is 4.31 Å². The molecule has 0 aliphatic carbocycles. The number of likely N-dealkylation sites (tertiary alicyclic amines) is 1. The molecule has 1 fully saturated rings. The van der Waals surface area contributed by atoms with Gasteiger partial charge in [0, 0.05) is 5.41 Å². The lowest BCUT2D eigenvalue weighted by Crippen LogP contribution is -2.56. The van der Waals surface area contributed by atoms with Gasteiger partial charge in [0.15, 0.2) is 0 Å². The van der Waals surface area contributed by atoms with E-state index in [0.29, 0.717) is 17.7 Å². The number of sulfonamides is 1. The van der Waals surface area contributed by atoms with Crippen molar-refractivity contribution in [2.45, 2.75) is 49.2 Å². The number of amides is 1. The van der Waals surface area contributed by atoms with E-state index in [0.717, 1.165) is 17.6 Å². The van der Waals surface area contributed by atoms with E-state index in [1.807, 2.05) is 26.0 Å². The second kappa shape index (κ2) is 8.22. The Morgan fingerprint density at radius 2 is 1.76 bits per heavy atom. The van der Waals surface area contributed by atoms with Crippen molar-refractivity contribution in [3.05, 3.63) is 71.8 Å². The van der Waals surface area contributed by atoms with E-state index in [1.165, 1.54) is 16.4 Å². The van der Waals surface area contributed by atoms with Gasteiger partial charge in [0.25, 0.3) is 10.0 Å². The Kier molecular flexibility index (Phi) is 5.69. The van der Waals surface area contributed by atoms with Gasteiger partial charge in [-0.05, 0) is 50.5 Å². The van der Waals surface area contributed by atoms with Crippen LogP contribution in [-0.4, -0.2) is 49.8 Å². The molecule has 3 atom stereocenters. The van der Waals surface area contributed by atoms with Crippen molar-refractivity contribution in [2.75, 3.05) is 11.4 Å². The van der Waals surface area contributed by atoms with Crippen LogP contribution in [0.15, 0.2) is 71.1 Å². The van der Waals surface area contributed by atoms with Crippen molar-refractivity contribution in [1.82, 2.24) is 4.90 Å². The van der Waals surface area contributed by atoms with Crippen LogP contribution >= 0.6 is 0 Å². The number of hydrogen-bond acceptors (Lipinski definition) is 5. The molecule has 2 aromatic carbocycles. The summed E-state index contributed by atoms with van der Waals surface area (Å²) < 4.78 is 34.0. The van der Waals surface area contributed by atoms with Crippen LogP contribution in [0, 0.1) is 0 Å². The second-order valence-electron chi connectivity index (χ2n) is 8.58. The molecule has 33 heavy (non-hydrogen) atoms. The van der Waals surface area contributed by atoms with Crippen LogP contribution in [0.2, 0.25) is 0 Å². The molecule has 2 aliphatic heterocycles. The zero-order chi connectivity index (χ0) is 24.0. The third-order valence-corrected chi connectivity index (χ3v) is 8.18. The van der Waals surface area contributed by atoms with Crippen molar-refractivity contribution in [3.63, 3.8) is 0 Å². The lowest BCUT2D eigenvalue weighted by molar-refractivity contribution is -0.142. The zero-order valence-corrected chi connectivity index (χ0v) is 19.5. The Labute approximate surface area is 193 Å². The van der Waals surface area contributed by atoms with E-state index >= 15 is 0 Å². The predicted octanol–water partition coefficient (Wildman–Crippen LogP) is 3.74. The number of carbonyl (C=O) groups excluding carboxylic acids is 1. The van der Waals surface area contributed by atoms with Crippen molar-refractivity contribution in [2.24, 2.45) is 0 Å². The maximum atomic E-state index is 13.9. The summed E-state index contributed by atoms with van der Waals surface area (Å²) in [4.78, 5) is 26.3. The molecule has 0 aromatic heterocycles. The van der Waals surface area contributed by atoms with Crippen molar-refractivity contribution < 1.29 is 27.9 Å². The van der Waals surface area contributed by atoms with Crippen molar-refractivity contribution in [1.29, 1.82) is 0 Å². The highest BCUT2D eigenvalue weighted by Crippen LogP contribution is 2.57. The number of ether oxygens (including phenoxy) is 1. The minimum atomic E-state index is -4.14. The Morgan fingerprint density at radius 3 is 2.36 bits per heavy atom. The van der Waals surface area contributed by atoms with E-state index < -0.39 is 39.7 Å². The smallest absolute Gasteiger partial charge is 0.411 e. The van der Waals surface area contributed by atoms with Crippen LogP contribution in [0.5, 0.6) is 0 Å². The molecule has 1 amide bonds. The fourth-order valence-electron chi connectivity index (χ4n) is 4.98. The van der Waals surface area contributed by atoms with E-state index in [-0.39, 0.29) is 11.3 Å². The summed E-state index contributed by atoms with van der Waals surface area (Å²) in [6, 6.07) is 13.7. The molecule has 1 saturated heterocycles. The quantitative estimate of drug-likeness (QED) is 0.668. The number of allylic oxidation sites excluding steroid dienone is 2. The topological polar surface area (TPSA) is 104 Å². The molecule has 0 saturated carbocycles. The van der Waals surface area contributed by atoms with Gasteiger partial charge in [-0.1, -0.05) is 48.0 Å². The summed E-state index contributed by atoms with van der Waals surface area (Å²) >= 11 is 0. The Balaban J connectivity index is 2.03. The third kappa shape index (κ3) is 3.47. The number of carboxylic acid groups (broad SMARTS) is 1. The number of rotatable bonds is 5. The Hall–Kier alpha value is -3.33. The number of aliphatic carboxylic acids is 1. The van der Waals surface area contributed by atoms with Crippen LogP contribution in [0.1, 0.15) is 32.3 Å². The molecule has 0 spiro atoms. The monoisotopic (exact) mass is 470 g/mol. The highest BCUT2D eigenvalue weighted by Gasteiger charge is 2.65. The van der Waals surface area contributed by atoms with Gasteiger partial charge in [-0.15, -0.1) is 0 Å². The minimum Gasteiger partial charge on any atom is -0.480 e. The van der Waals surface area contributed by atoms with E-state index in [2.05, 4.69) is 0 Å². The van der Waals surface area contributed by atoms with Gasteiger partial charge in [0.05, 0.1) is 17.7 Å². The molecule has 9 heteroatoms. The lowest BCUT2D eigenvalue weighted by Gasteiger charge is -2.37. The van der Waals surface area contributed by atoms with Crippen molar-refractivity contribution >= 4 is 27.8 Å². The first kappa shape index (κ1) is 22.8. The molecule has 2 aromatic rings. The standard InChI is InChI=1S/C24H26N2O6S/c1-16(2)13-14-24-15-20(21(27)28)25(23(29)32-3)22(24)26(19-12-8-7-11-18(19)24)33(30,31)17-9-5-4-6-10-17/h4-13,20,22H,14-15H2,1-3H3,(H,27,28)/t20-,22-,24+/m0/s1. The largest absolute Gasteiger partial charge is 0.480 e. The summed E-state index contributed by atoms with van der Waals surface area (Å²) in [7, 11) is -2.97. The molecule has 0 bridgehead atoms. The van der Waals surface area contributed by atoms with Crippen LogP contribution in [0.3, 0.4) is 0 Å². The van der Waals surface area contributed by atoms with Gasteiger partial charge >= 0.3 is 12.1 Å². The number of benzene rings is 2. The van der Waals surface area contributed by atoms with Crippen LogP contribution in [0.4, 0.5) is 10.5 Å². The molecule has 4 rings (SSSR count). The molecule has 174 valence electrons. The summed E-state index contributed by atoms with van der Waals surface area (Å²) in [5.41, 5.74) is 1.19. The van der Waals surface area contributed by atoms with E-state index in [1.54, 1.807) is 36.4 Å². The molecule has 0 radical (unpaired) electrons. The maximum Gasteiger partial charge on any atom is 0.411 e. The average molecular weight is 471 g/mol. The minimum absolute atomic E-state index is 0.0569. The first-order chi connectivity index (χ1) is 15.6. The molecule has 1 N–H and O–H groups in total. The fourth-order valence-corrected chi connectivity index (χ4v) is 6.69. The summed E-state index contributed by atoms with van der Waals surface area (Å²) in [5, 5.41) is 10.00. The summed E-state index contributed by atoms with van der Waals surface area (Å²) in [5.74, 6) is -1.21. The molecule has 8 nitrogen and oxygen atoms in total. The molecule has 2 heterocycles. The normalized spacial score (nSPS) is 23.6. The number of carboxylic acids is 1. The van der Waals surface area contributed by atoms with Crippen molar-refractivity contribution in [3.8, 4) is 0 Å². The first-order valence-electron chi connectivity index (χ1n) is 10.6. The second-order valence-corrected chi connectivity index (χ2v) is 10.4.